The van der Waals surface area contributed by atoms with E-state index < -0.39 is 6.10 Å². The number of amides is 1. The summed E-state index contributed by atoms with van der Waals surface area (Å²) in [6.07, 6.45) is 0.820. The molecule has 1 unspecified atom stereocenters. The van der Waals surface area contributed by atoms with Crippen molar-refractivity contribution in [1.29, 1.82) is 0 Å². The summed E-state index contributed by atoms with van der Waals surface area (Å²) >= 11 is 0. The number of nitrogens with zero attached hydrogens (tertiary/aromatic N) is 2. The van der Waals surface area contributed by atoms with Crippen molar-refractivity contribution in [2.75, 3.05) is 37.7 Å². The first-order valence-electron chi connectivity index (χ1n) is 7.26. The average molecular weight is 294 g/mol. The van der Waals surface area contributed by atoms with Gasteiger partial charge in [0.15, 0.2) is 0 Å². The van der Waals surface area contributed by atoms with E-state index in [0.717, 1.165) is 18.7 Å². The number of carbonyl (C=O) groups is 1. The van der Waals surface area contributed by atoms with E-state index in [1.165, 1.54) is 12.1 Å². The number of halogens is 1. The third-order valence-corrected chi connectivity index (χ3v) is 3.91. The highest BCUT2D eigenvalue weighted by Crippen LogP contribution is 2.32. The van der Waals surface area contributed by atoms with E-state index in [2.05, 4.69) is 0 Å². The molecule has 0 radical (unpaired) electrons. The summed E-state index contributed by atoms with van der Waals surface area (Å²) < 4.78 is 18.6. The molecule has 2 heterocycles. The van der Waals surface area contributed by atoms with Crippen molar-refractivity contribution in [3.05, 3.63) is 24.0 Å². The molecule has 2 aliphatic heterocycles. The molecule has 21 heavy (non-hydrogen) atoms. The Labute approximate surface area is 122 Å². The Bertz CT molecular complexity index is 538. The van der Waals surface area contributed by atoms with E-state index in [9.17, 15) is 14.3 Å². The number of anilines is 1. The van der Waals surface area contributed by atoms with Crippen molar-refractivity contribution in [3.63, 3.8) is 0 Å². The van der Waals surface area contributed by atoms with E-state index in [1.807, 2.05) is 4.90 Å². The summed E-state index contributed by atoms with van der Waals surface area (Å²) in [5.41, 5.74) is 0.787. The zero-order valence-corrected chi connectivity index (χ0v) is 11.8. The molecule has 1 saturated heterocycles. The number of hydrogen-bond donors (Lipinski definition) is 1. The second-order valence-electron chi connectivity index (χ2n) is 5.50. The molecule has 0 aliphatic carbocycles. The smallest absolute Gasteiger partial charge is 0.222 e. The van der Waals surface area contributed by atoms with E-state index >= 15 is 0 Å². The predicted octanol–water partition coefficient (Wildman–Crippen LogP) is 1.01. The van der Waals surface area contributed by atoms with Gasteiger partial charge >= 0.3 is 0 Å². The molecule has 1 aromatic rings. The van der Waals surface area contributed by atoms with Gasteiger partial charge in [0.1, 0.15) is 18.2 Å². The van der Waals surface area contributed by atoms with Crippen molar-refractivity contribution >= 4 is 11.6 Å². The number of benzene rings is 1. The molecule has 6 heteroatoms. The lowest BCUT2D eigenvalue weighted by Gasteiger charge is -2.33. The summed E-state index contributed by atoms with van der Waals surface area (Å²) in [5, 5.41) is 10.2. The first-order chi connectivity index (χ1) is 10.1. The Morgan fingerprint density at radius 3 is 2.86 bits per heavy atom. The number of carbonyl (C=O) groups excluding carboxylic acids is 1. The summed E-state index contributed by atoms with van der Waals surface area (Å²) in [5.74, 6) is 0.281. The monoisotopic (exact) mass is 294 g/mol. The van der Waals surface area contributed by atoms with Gasteiger partial charge in [-0.2, -0.15) is 0 Å². The van der Waals surface area contributed by atoms with Crippen LogP contribution in [0.25, 0.3) is 0 Å². The normalized spacial score (nSPS) is 19.4. The molecular weight excluding hydrogens is 275 g/mol. The van der Waals surface area contributed by atoms with Gasteiger partial charge < -0.3 is 19.6 Å². The molecule has 1 aromatic carbocycles. The summed E-state index contributed by atoms with van der Waals surface area (Å²) in [6.45, 7) is 2.59. The minimum Gasteiger partial charge on any atom is -0.489 e. The van der Waals surface area contributed by atoms with Gasteiger partial charge in [-0.1, -0.05) is 0 Å². The molecule has 1 atom stereocenters. The van der Waals surface area contributed by atoms with Crippen LogP contribution in [0, 0.1) is 5.82 Å². The Morgan fingerprint density at radius 2 is 2.10 bits per heavy atom. The highest BCUT2D eigenvalue weighted by Gasteiger charge is 2.25. The minimum absolute atomic E-state index is 0.110. The van der Waals surface area contributed by atoms with Crippen LogP contribution in [0.3, 0.4) is 0 Å². The molecule has 0 bridgehead atoms. The first kappa shape index (κ1) is 14.1. The lowest BCUT2D eigenvalue weighted by Crippen LogP contribution is -2.43. The molecule has 3 rings (SSSR count). The highest BCUT2D eigenvalue weighted by molar-refractivity contribution is 5.78. The van der Waals surface area contributed by atoms with Crippen LogP contribution >= 0.6 is 0 Å². The lowest BCUT2D eigenvalue weighted by atomic mass is 10.2. The predicted molar refractivity (Wildman–Crippen MR) is 75.9 cm³/mol. The van der Waals surface area contributed by atoms with Gasteiger partial charge in [0.2, 0.25) is 5.91 Å². The molecule has 114 valence electrons. The molecular formula is C15H19FN2O3. The molecule has 1 amide bonds. The third kappa shape index (κ3) is 3.10. The number of likely N-dealkylation sites (tertiary alicyclic amines) is 1. The number of aliphatic hydroxyl groups is 1. The van der Waals surface area contributed by atoms with Crippen molar-refractivity contribution in [3.8, 4) is 5.75 Å². The lowest BCUT2D eigenvalue weighted by molar-refractivity contribution is -0.128. The molecule has 0 saturated carbocycles. The topological polar surface area (TPSA) is 53.0 Å². The van der Waals surface area contributed by atoms with Crippen molar-refractivity contribution in [1.82, 2.24) is 4.90 Å². The maximum atomic E-state index is 13.2. The average Bonchev–Trinajstić information content (AvgIpc) is 2.84. The van der Waals surface area contributed by atoms with Crippen LogP contribution in [0.2, 0.25) is 0 Å². The number of ether oxygens (including phenoxy) is 1. The Hall–Kier alpha value is -1.82. The van der Waals surface area contributed by atoms with Crippen LogP contribution in [-0.2, 0) is 4.79 Å². The molecule has 5 nitrogen and oxygen atoms in total. The SMILES string of the molecule is O=C1CCCN1CC(O)CN1CCOc2cc(F)ccc21. The van der Waals surface area contributed by atoms with Gasteiger partial charge in [-0.3, -0.25) is 4.79 Å². The van der Waals surface area contributed by atoms with Crippen LogP contribution in [0.15, 0.2) is 18.2 Å². The fraction of sp³-hybridized carbons (Fsp3) is 0.533. The van der Waals surface area contributed by atoms with Gasteiger partial charge in [-0.25, -0.2) is 4.39 Å². The fourth-order valence-electron chi connectivity index (χ4n) is 2.90. The van der Waals surface area contributed by atoms with Crippen molar-refractivity contribution in [2.24, 2.45) is 0 Å². The van der Waals surface area contributed by atoms with E-state index in [1.54, 1.807) is 11.0 Å². The van der Waals surface area contributed by atoms with Gasteiger partial charge in [0.05, 0.1) is 18.3 Å². The van der Waals surface area contributed by atoms with Crippen molar-refractivity contribution < 1.29 is 19.0 Å². The van der Waals surface area contributed by atoms with E-state index in [-0.39, 0.29) is 11.7 Å². The van der Waals surface area contributed by atoms with Crippen molar-refractivity contribution in [2.45, 2.75) is 18.9 Å². The first-order valence-corrected chi connectivity index (χ1v) is 7.26. The number of aliphatic hydroxyl groups excluding tert-OH is 1. The highest BCUT2D eigenvalue weighted by atomic mass is 19.1. The summed E-state index contributed by atoms with van der Waals surface area (Å²) in [6, 6.07) is 4.41. The molecule has 1 N–H and O–H groups in total. The van der Waals surface area contributed by atoms with Crippen LogP contribution in [0.1, 0.15) is 12.8 Å². The zero-order valence-electron chi connectivity index (χ0n) is 11.8. The standard InChI is InChI=1S/C15H19FN2O3/c16-11-3-4-13-14(8-11)21-7-6-17(13)9-12(19)10-18-5-1-2-15(18)20/h3-4,8,12,19H,1-2,5-7,9-10H2. The Balaban J connectivity index is 1.64. The third-order valence-electron chi connectivity index (χ3n) is 3.91. The van der Waals surface area contributed by atoms with E-state index in [0.29, 0.717) is 38.4 Å². The van der Waals surface area contributed by atoms with Gasteiger partial charge in [-0.05, 0) is 18.6 Å². The number of hydrogen-bond acceptors (Lipinski definition) is 4. The minimum atomic E-state index is -0.622. The second-order valence-corrected chi connectivity index (χ2v) is 5.50. The van der Waals surface area contributed by atoms with Crippen LogP contribution in [0.5, 0.6) is 5.75 Å². The number of β-amino-alcohol motifs (C(OH)–C–C–N with tert-alkyl or cyclic N) is 1. The van der Waals surface area contributed by atoms with Crippen LogP contribution < -0.4 is 9.64 Å². The summed E-state index contributed by atoms with van der Waals surface area (Å²) in [7, 11) is 0. The van der Waals surface area contributed by atoms with Crippen LogP contribution in [-0.4, -0.2) is 54.8 Å². The van der Waals surface area contributed by atoms with Gasteiger partial charge in [-0.15, -0.1) is 0 Å². The maximum Gasteiger partial charge on any atom is 0.222 e. The van der Waals surface area contributed by atoms with E-state index in [4.69, 9.17) is 4.74 Å². The largest absolute Gasteiger partial charge is 0.489 e. The van der Waals surface area contributed by atoms with Crippen LogP contribution in [0.4, 0.5) is 10.1 Å². The molecule has 0 aromatic heterocycles. The Morgan fingerprint density at radius 1 is 1.29 bits per heavy atom. The Kier molecular flexibility index (Phi) is 3.96. The molecule has 2 aliphatic rings. The van der Waals surface area contributed by atoms with Gasteiger partial charge in [0.25, 0.3) is 0 Å². The molecule has 0 spiro atoms. The molecule has 1 fully saturated rings. The number of rotatable bonds is 4. The fourth-order valence-corrected chi connectivity index (χ4v) is 2.90. The number of fused-ring (bicyclic) bond motifs is 1. The van der Waals surface area contributed by atoms with Gasteiger partial charge in [0, 0.05) is 32.1 Å². The summed E-state index contributed by atoms with van der Waals surface area (Å²) in [4.78, 5) is 15.3. The quantitative estimate of drug-likeness (QED) is 0.900. The maximum absolute atomic E-state index is 13.2. The second kappa shape index (κ2) is 5.89. The zero-order chi connectivity index (χ0) is 14.8.